The Bertz CT molecular complexity index is 448. The van der Waals surface area contributed by atoms with E-state index in [0.29, 0.717) is 5.75 Å². The van der Waals surface area contributed by atoms with Crippen LogP contribution in [-0.4, -0.2) is 35.0 Å². The van der Waals surface area contributed by atoms with Gasteiger partial charge in [0.2, 0.25) is 5.91 Å². The van der Waals surface area contributed by atoms with Gasteiger partial charge in [0.25, 0.3) is 5.91 Å². The summed E-state index contributed by atoms with van der Waals surface area (Å²) in [6.45, 7) is 1.74. The van der Waals surface area contributed by atoms with E-state index in [1.54, 1.807) is 38.3 Å². The third-order valence-corrected chi connectivity index (χ3v) is 3.15. The van der Waals surface area contributed by atoms with Crippen LogP contribution >= 0.6 is 0 Å². The maximum absolute atomic E-state index is 11.8. The number of aliphatic hydroxyl groups excluding tert-OH is 1. The minimum Gasteiger partial charge on any atom is -0.497 e. The highest BCUT2D eigenvalue weighted by Gasteiger charge is 2.43. The van der Waals surface area contributed by atoms with Crippen molar-refractivity contribution >= 4 is 11.8 Å². The summed E-state index contributed by atoms with van der Waals surface area (Å²) in [6.07, 6.45) is -1.21. The molecular formula is C13H15NO4. The van der Waals surface area contributed by atoms with Gasteiger partial charge >= 0.3 is 0 Å². The molecule has 0 saturated carbocycles. The molecular weight excluding hydrogens is 234 g/mol. The van der Waals surface area contributed by atoms with Crippen LogP contribution in [0.15, 0.2) is 24.3 Å². The Kier molecular flexibility index (Phi) is 3.34. The Morgan fingerprint density at radius 1 is 1.22 bits per heavy atom. The van der Waals surface area contributed by atoms with E-state index in [0.717, 1.165) is 10.5 Å². The summed E-state index contributed by atoms with van der Waals surface area (Å²) in [5.41, 5.74) is 0.818. The Morgan fingerprint density at radius 2 is 1.83 bits per heavy atom. The summed E-state index contributed by atoms with van der Waals surface area (Å²) in [6, 6.07) is 7.10. The van der Waals surface area contributed by atoms with Gasteiger partial charge in [-0.15, -0.1) is 0 Å². The van der Waals surface area contributed by atoms with Gasteiger partial charge in [0.1, 0.15) is 11.9 Å². The van der Waals surface area contributed by atoms with Crippen molar-refractivity contribution in [1.82, 2.24) is 4.90 Å². The highest BCUT2D eigenvalue weighted by atomic mass is 16.5. The van der Waals surface area contributed by atoms with Gasteiger partial charge in [0, 0.05) is 0 Å². The number of aliphatic hydroxyl groups is 1. The number of amides is 2. The van der Waals surface area contributed by atoms with E-state index in [4.69, 9.17) is 4.74 Å². The van der Waals surface area contributed by atoms with E-state index in [2.05, 4.69) is 0 Å². The van der Waals surface area contributed by atoms with Crippen LogP contribution in [0.2, 0.25) is 0 Å². The molecule has 1 aromatic rings. The highest BCUT2D eigenvalue weighted by Crippen LogP contribution is 2.22. The molecule has 0 radical (unpaired) electrons. The van der Waals surface area contributed by atoms with E-state index in [9.17, 15) is 14.7 Å². The maximum Gasteiger partial charge on any atom is 0.259 e. The van der Waals surface area contributed by atoms with Gasteiger partial charge in [-0.05, 0) is 17.7 Å². The van der Waals surface area contributed by atoms with Gasteiger partial charge < -0.3 is 9.84 Å². The number of ether oxygens (including phenoxy) is 1. The lowest BCUT2D eigenvalue weighted by atomic mass is 10.1. The molecule has 0 bridgehead atoms. The van der Waals surface area contributed by atoms with Crippen LogP contribution in [0.25, 0.3) is 0 Å². The number of benzene rings is 1. The number of methoxy groups -OCH3 is 1. The monoisotopic (exact) mass is 249 g/mol. The molecule has 2 amide bonds. The molecule has 0 aliphatic carbocycles. The molecule has 1 aliphatic heterocycles. The Labute approximate surface area is 105 Å². The lowest BCUT2D eigenvalue weighted by Crippen LogP contribution is -2.31. The van der Waals surface area contributed by atoms with E-state index in [1.165, 1.54) is 0 Å². The number of likely N-dealkylation sites (tertiary alicyclic amines) is 1. The van der Waals surface area contributed by atoms with Gasteiger partial charge in [-0.3, -0.25) is 14.5 Å². The average molecular weight is 249 g/mol. The molecule has 18 heavy (non-hydrogen) atoms. The number of carbonyl (C=O) groups is 2. The van der Waals surface area contributed by atoms with Crippen LogP contribution in [0.1, 0.15) is 12.5 Å². The van der Waals surface area contributed by atoms with Crippen LogP contribution < -0.4 is 4.74 Å². The van der Waals surface area contributed by atoms with Crippen molar-refractivity contribution in [2.75, 3.05) is 7.11 Å². The Hall–Kier alpha value is -1.88. The number of imide groups is 1. The zero-order valence-electron chi connectivity index (χ0n) is 10.3. The molecule has 1 aliphatic rings. The summed E-state index contributed by atoms with van der Waals surface area (Å²) in [7, 11) is 1.57. The molecule has 1 N–H and O–H groups in total. The molecule has 5 heteroatoms. The highest BCUT2D eigenvalue weighted by molar-refractivity contribution is 6.06. The van der Waals surface area contributed by atoms with Gasteiger partial charge in [-0.2, -0.15) is 0 Å². The van der Waals surface area contributed by atoms with Crippen molar-refractivity contribution in [1.29, 1.82) is 0 Å². The first kappa shape index (κ1) is 12.6. The molecule has 1 heterocycles. The second kappa shape index (κ2) is 4.78. The van der Waals surface area contributed by atoms with Gasteiger partial charge in [-0.25, -0.2) is 0 Å². The molecule has 0 spiro atoms. The van der Waals surface area contributed by atoms with Crippen LogP contribution in [-0.2, 0) is 16.1 Å². The third kappa shape index (κ3) is 2.09. The average Bonchev–Trinajstić information content (AvgIpc) is 2.57. The van der Waals surface area contributed by atoms with Crippen molar-refractivity contribution in [3.63, 3.8) is 0 Å². The zero-order valence-corrected chi connectivity index (χ0v) is 10.3. The lowest BCUT2D eigenvalue weighted by Gasteiger charge is -2.14. The molecule has 5 nitrogen and oxygen atoms in total. The summed E-state index contributed by atoms with van der Waals surface area (Å²) in [4.78, 5) is 24.6. The predicted octanol–water partition coefficient (Wildman–Crippen LogP) is 0.561. The van der Waals surface area contributed by atoms with Crippen molar-refractivity contribution in [3.8, 4) is 5.75 Å². The second-order valence-corrected chi connectivity index (χ2v) is 4.34. The van der Waals surface area contributed by atoms with Crippen LogP contribution in [0, 0.1) is 5.92 Å². The standard InChI is InChI=1S/C13H15NO4/c1-8-11(15)13(17)14(12(8)16)7-9-3-5-10(18-2)6-4-9/h3-6,8,11,15H,7H2,1-2H3/t8-,11+/m1/s1. The van der Waals surface area contributed by atoms with Crippen molar-refractivity contribution in [3.05, 3.63) is 29.8 Å². The van der Waals surface area contributed by atoms with Crippen molar-refractivity contribution in [2.24, 2.45) is 5.92 Å². The fourth-order valence-electron chi connectivity index (χ4n) is 1.93. The lowest BCUT2D eigenvalue weighted by molar-refractivity contribution is -0.141. The third-order valence-electron chi connectivity index (χ3n) is 3.15. The molecule has 96 valence electrons. The molecule has 1 aromatic carbocycles. The fraction of sp³-hybridized carbons (Fsp3) is 0.385. The maximum atomic E-state index is 11.8. The van der Waals surface area contributed by atoms with E-state index >= 15 is 0 Å². The van der Waals surface area contributed by atoms with Gasteiger partial charge in [-0.1, -0.05) is 19.1 Å². The number of hydrogen-bond donors (Lipinski definition) is 1. The largest absolute Gasteiger partial charge is 0.497 e. The molecule has 1 saturated heterocycles. The second-order valence-electron chi connectivity index (χ2n) is 4.34. The quantitative estimate of drug-likeness (QED) is 0.795. The number of rotatable bonds is 3. The first-order valence-corrected chi connectivity index (χ1v) is 5.71. The zero-order chi connectivity index (χ0) is 13.3. The summed E-state index contributed by atoms with van der Waals surface area (Å²) < 4.78 is 5.03. The van der Waals surface area contributed by atoms with Crippen LogP contribution in [0.5, 0.6) is 5.75 Å². The number of nitrogens with zero attached hydrogens (tertiary/aromatic N) is 1. The molecule has 2 rings (SSSR count). The molecule has 0 aromatic heterocycles. The van der Waals surface area contributed by atoms with E-state index < -0.39 is 17.9 Å². The normalized spacial score (nSPS) is 23.6. The molecule has 2 atom stereocenters. The number of hydrogen-bond acceptors (Lipinski definition) is 4. The smallest absolute Gasteiger partial charge is 0.259 e. The topological polar surface area (TPSA) is 66.8 Å². The first-order valence-electron chi connectivity index (χ1n) is 5.71. The minimum atomic E-state index is -1.21. The SMILES string of the molecule is COc1ccc(CN2C(=O)[C@@H](O)[C@@H](C)C2=O)cc1. The van der Waals surface area contributed by atoms with Crippen molar-refractivity contribution in [2.45, 2.75) is 19.6 Å². The summed E-state index contributed by atoms with van der Waals surface area (Å²) in [5, 5.41) is 9.54. The van der Waals surface area contributed by atoms with Crippen molar-refractivity contribution < 1.29 is 19.4 Å². The van der Waals surface area contributed by atoms with Gasteiger partial charge in [0.05, 0.1) is 19.6 Å². The Balaban J connectivity index is 2.13. The summed E-state index contributed by atoms with van der Waals surface area (Å²) >= 11 is 0. The first-order chi connectivity index (χ1) is 8.54. The van der Waals surface area contributed by atoms with Crippen LogP contribution in [0.3, 0.4) is 0 Å². The predicted molar refractivity (Wildman–Crippen MR) is 63.7 cm³/mol. The molecule has 0 unspecified atom stereocenters. The van der Waals surface area contributed by atoms with E-state index in [1.807, 2.05) is 0 Å². The molecule has 1 fully saturated rings. The Morgan fingerprint density at radius 3 is 2.28 bits per heavy atom. The van der Waals surface area contributed by atoms with E-state index in [-0.39, 0.29) is 12.5 Å². The number of carbonyl (C=O) groups excluding carboxylic acids is 2. The van der Waals surface area contributed by atoms with Crippen LogP contribution in [0.4, 0.5) is 0 Å². The van der Waals surface area contributed by atoms with Gasteiger partial charge in [0.15, 0.2) is 0 Å². The minimum absolute atomic E-state index is 0.184. The fourth-order valence-corrected chi connectivity index (χ4v) is 1.93. The summed E-state index contributed by atoms with van der Waals surface area (Å²) in [5.74, 6) is -0.798.